The first-order valence-corrected chi connectivity index (χ1v) is 25.8. The molecule has 1 aromatic rings. The molecule has 2 saturated heterocycles. The number of aliphatic carboxylic acids is 2. The second-order valence-electron chi connectivity index (χ2n) is 16.0. The van der Waals surface area contributed by atoms with Crippen LogP contribution in [0.2, 0.25) is 0 Å². The summed E-state index contributed by atoms with van der Waals surface area (Å²) in [5, 5.41) is 98.5. The van der Waals surface area contributed by atoms with Crippen molar-refractivity contribution >= 4 is 86.7 Å². The number of amides is 6. The van der Waals surface area contributed by atoms with Crippen LogP contribution in [-0.2, 0) is 44.8 Å². The van der Waals surface area contributed by atoms with Gasteiger partial charge in [-0.25, -0.2) is 0 Å². The van der Waals surface area contributed by atoms with Crippen molar-refractivity contribution in [2.75, 3.05) is 49.2 Å². The molecule has 6 amide bonds. The van der Waals surface area contributed by atoms with E-state index in [-0.39, 0.29) is 54.8 Å². The highest BCUT2D eigenvalue weighted by Gasteiger charge is 2.35. The fraction of sp³-hybridized carbons (Fsp3) is 0.625. The van der Waals surface area contributed by atoms with Crippen LogP contribution in [0.25, 0.3) is 0 Å². The van der Waals surface area contributed by atoms with Gasteiger partial charge in [-0.05, 0) is 31.7 Å². The molecule has 20 N–H and O–H groups in total. The van der Waals surface area contributed by atoms with E-state index in [1.54, 1.807) is 37.3 Å². The molecule has 2 aliphatic rings. The Bertz CT molecular complexity index is 1920. The Morgan fingerprint density at radius 1 is 0.843 bits per heavy atom. The number of hydrogen-bond acceptors (Lipinski definition) is 20. The van der Waals surface area contributed by atoms with Crippen LogP contribution in [0, 0.1) is 5.41 Å². The van der Waals surface area contributed by atoms with E-state index in [9.17, 15) is 69.0 Å². The Hall–Kier alpha value is -5.02. The van der Waals surface area contributed by atoms with Gasteiger partial charge >= 0.3 is 11.9 Å². The number of nitrogens with two attached hydrogens (primary N) is 1. The van der Waals surface area contributed by atoms with E-state index < -0.39 is 141 Å². The third-order valence-corrected chi connectivity index (χ3v) is 13.8. The van der Waals surface area contributed by atoms with Gasteiger partial charge in [-0.2, -0.15) is 11.8 Å². The van der Waals surface area contributed by atoms with E-state index in [4.69, 9.17) is 11.1 Å². The second kappa shape index (κ2) is 31.3. The molecule has 0 radical (unpaired) electrons. The van der Waals surface area contributed by atoms with Crippen LogP contribution in [0.3, 0.4) is 0 Å². The van der Waals surface area contributed by atoms with Gasteiger partial charge in [0.05, 0.1) is 56.1 Å². The SMILES string of the molecule is CCNC(=O)[C@@H]1CSSC[C@H](NC(=O)[C@H](CC(=O)O)N[C@H](O)CNC(=O)[C@H](CCCNC(=N)N)NC(=O)[C@@H]2CSC[C@@H](O)NCC(=O)N[C@@H](CC(=O)O)[C@H](O)N2)[C@@H](O)N[C@@H](Cc2ccccc2)C(=O)N1. The number of carbonyl (C=O) groups excluding carboxylic acids is 6. The topological polar surface area (TPSA) is 440 Å². The average molecular weight is 1050 g/mol. The number of rotatable bonds is 21. The van der Waals surface area contributed by atoms with Gasteiger partial charge in [0.1, 0.15) is 37.0 Å². The molecule has 0 saturated carbocycles. The second-order valence-corrected chi connectivity index (χ2v) is 19.6. The van der Waals surface area contributed by atoms with Crippen molar-refractivity contribution < 1.29 is 69.0 Å². The van der Waals surface area contributed by atoms with Gasteiger partial charge in [0.2, 0.25) is 35.4 Å². The molecule has 3 rings (SSSR count). The van der Waals surface area contributed by atoms with E-state index in [2.05, 4.69) is 58.5 Å². The molecule has 70 heavy (non-hydrogen) atoms. The smallest absolute Gasteiger partial charge is 0.305 e. The summed E-state index contributed by atoms with van der Waals surface area (Å²) in [5.41, 5.74) is 6.09. The molecule has 0 aromatic heterocycles. The third kappa shape index (κ3) is 22.4. The first-order chi connectivity index (χ1) is 33.3. The fourth-order valence-electron chi connectivity index (χ4n) is 6.74. The summed E-state index contributed by atoms with van der Waals surface area (Å²) in [4.78, 5) is 104. The van der Waals surface area contributed by atoms with Crippen LogP contribution in [0.1, 0.15) is 38.2 Å². The number of carboxylic acids is 2. The number of carbonyl (C=O) groups is 8. The van der Waals surface area contributed by atoms with Gasteiger partial charge in [0, 0.05) is 36.1 Å². The quantitative estimate of drug-likeness (QED) is 0.0179. The third-order valence-electron chi connectivity index (χ3n) is 10.3. The number of nitrogens with one attached hydrogen (secondary N) is 12. The van der Waals surface area contributed by atoms with E-state index in [0.29, 0.717) is 12.1 Å². The normalized spacial score (nSPS) is 25.2. The Labute approximate surface area is 415 Å². The Balaban J connectivity index is 1.76. The largest absolute Gasteiger partial charge is 0.481 e. The highest BCUT2D eigenvalue weighted by Crippen LogP contribution is 2.25. The zero-order valence-electron chi connectivity index (χ0n) is 38.2. The highest BCUT2D eigenvalue weighted by molar-refractivity contribution is 8.76. The van der Waals surface area contributed by atoms with Crippen molar-refractivity contribution in [2.24, 2.45) is 5.73 Å². The summed E-state index contributed by atoms with van der Waals surface area (Å²) in [6.45, 7) is 1.08. The minimum absolute atomic E-state index is 0.000941. The Morgan fingerprint density at radius 2 is 1.56 bits per heavy atom. The number of hydrogen-bond donors (Lipinski definition) is 19. The standard InChI is InChI=1S/C40H65N13O14S3/c1-2-43-34(62)26-17-69-70-18-27(39(67)50-22(35(63)52-26)11-20-7-4-3-5-8-20)53-37(65)24(13-32(59)60)48-29(55)15-46-33(61)21(9-6-10-44-40(41)42)49-38(66)25-16-68-19-30(56)45-14-28(54)47-23(12-31(57)58)36(64)51-25/h3-5,7-8,21-27,29-30,36,39,45,48,50-51,55-56,64,67H,2,6,9-19H2,1H3,(H,43,62)(H,46,61)(H,47,54)(H,49,66)(H,52,63)(H,53,65)(H,57,58)(H,59,60)(H4,41,42,44)/t21-,22-,23-,24-,25-,26-,27-,29+,30+,36-,39+/m0/s1. The van der Waals surface area contributed by atoms with Crippen molar-refractivity contribution in [2.45, 2.75) is 106 Å². The minimum atomic E-state index is -1.79. The highest BCUT2D eigenvalue weighted by atomic mass is 33.1. The van der Waals surface area contributed by atoms with Crippen LogP contribution < -0.4 is 64.2 Å². The van der Waals surface area contributed by atoms with Gasteiger partial charge < -0.3 is 73.6 Å². The van der Waals surface area contributed by atoms with Crippen LogP contribution in [0.4, 0.5) is 0 Å². The number of likely N-dealkylation sites (N-methyl/N-ethyl adjacent to an activating group) is 1. The molecule has 2 aliphatic heterocycles. The molecule has 30 heteroatoms. The van der Waals surface area contributed by atoms with E-state index >= 15 is 0 Å². The van der Waals surface area contributed by atoms with Crippen LogP contribution in [0.15, 0.2) is 30.3 Å². The molecular weight excluding hydrogens is 983 g/mol. The molecular formula is C40H65N13O14S3. The van der Waals surface area contributed by atoms with Crippen molar-refractivity contribution in [1.29, 1.82) is 5.41 Å². The molecule has 0 bridgehead atoms. The van der Waals surface area contributed by atoms with Crippen molar-refractivity contribution in [3.8, 4) is 0 Å². The van der Waals surface area contributed by atoms with Gasteiger partial charge in [0.25, 0.3) is 0 Å². The number of guanidine groups is 1. The Morgan fingerprint density at radius 3 is 2.23 bits per heavy atom. The molecule has 11 atom stereocenters. The number of aliphatic hydroxyl groups is 4. The zero-order valence-corrected chi connectivity index (χ0v) is 40.6. The zero-order chi connectivity index (χ0) is 51.8. The van der Waals surface area contributed by atoms with Crippen molar-refractivity contribution in [3.63, 3.8) is 0 Å². The van der Waals surface area contributed by atoms with E-state index in [0.717, 1.165) is 22.6 Å². The molecule has 27 nitrogen and oxygen atoms in total. The molecule has 0 aliphatic carbocycles. The summed E-state index contributed by atoms with van der Waals surface area (Å²) in [7, 11) is 2.35. The number of benzene rings is 1. The van der Waals surface area contributed by atoms with Crippen LogP contribution >= 0.6 is 33.3 Å². The maximum Gasteiger partial charge on any atom is 0.305 e. The minimum Gasteiger partial charge on any atom is -0.481 e. The molecule has 0 spiro atoms. The molecule has 1 aromatic carbocycles. The monoisotopic (exact) mass is 1050 g/mol. The lowest BCUT2D eigenvalue weighted by molar-refractivity contribution is -0.141. The van der Waals surface area contributed by atoms with Crippen LogP contribution in [0.5, 0.6) is 0 Å². The maximum atomic E-state index is 13.8. The lowest BCUT2D eigenvalue weighted by Gasteiger charge is -2.30. The number of carboxylic acid groups (broad SMARTS) is 2. The predicted octanol–water partition coefficient (Wildman–Crippen LogP) is -6.49. The van der Waals surface area contributed by atoms with Crippen molar-refractivity contribution in [1.82, 2.24) is 58.5 Å². The summed E-state index contributed by atoms with van der Waals surface area (Å²) in [5.74, 6) is -7.74. The lowest BCUT2D eigenvalue weighted by Crippen LogP contribution is -2.62. The molecule has 2 fully saturated rings. The molecule has 2 heterocycles. The maximum absolute atomic E-state index is 13.8. The lowest BCUT2D eigenvalue weighted by atomic mass is 10.0. The average Bonchev–Trinajstić information content (AvgIpc) is 3.31. The molecule has 392 valence electrons. The summed E-state index contributed by atoms with van der Waals surface area (Å²) in [6.07, 6.45) is -7.89. The summed E-state index contributed by atoms with van der Waals surface area (Å²) >= 11 is 1.03. The van der Waals surface area contributed by atoms with Crippen molar-refractivity contribution in [3.05, 3.63) is 35.9 Å². The van der Waals surface area contributed by atoms with E-state index in [1.165, 1.54) is 10.8 Å². The summed E-state index contributed by atoms with van der Waals surface area (Å²) in [6, 6.07) is -0.163. The van der Waals surface area contributed by atoms with Crippen LogP contribution in [-0.4, -0.2) is 200 Å². The Kier molecular flexibility index (Phi) is 26.5. The first-order valence-electron chi connectivity index (χ1n) is 22.1. The van der Waals surface area contributed by atoms with Gasteiger partial charge in [-0.15, -0.1) is 0 Å². The fourth-order valence-corrected chi connectivity index (χ4v) is 10.1. The molecule has 0 unspecified atom stereocenters. The number of thioether (sulfide) groups is 1. The van der Waals surface area contributed by atoms with E-state index in [1.807, 2.05) is 0 Å². The first kappa shape index (κ1) is 59.3. The predicted molar refractivity (Wildman–Crippen MR) is 258 cm³/mol. The van der Waals surface area contributed by atoms with Gasteiger partial charge in [0.15, 0.2) is 5.96 Å². The van der Waals surface area contributed by atoms with Gasteiger partial charge in [-0.3, -0.25) is 65.0 Å². The number of aliphatic hydroxyl groups excluding tert-OH is 4. The summed E-state index contributed by atoms with van der Waals surface area (Å²) < 4.78 is 0. The van der Waals surface area contributed by atoms with Gasteiger partial charge in [-0.1, -0.05) is 51.9 Å².